The number of rotatable bonds is 3. The highest BCUT2D eigenvalue weighted by Gasteiger charge is 2.17. The number of nitrogens with one attached hydrogen (secondary N) is 1. The van der Waals surface area contributed by atoms with Gasteiger partial charge < -0.3 is 10.2 Å². The van der Waals surface area contributed by atoms with Crippen LogP contribution in [0.25, 0.3) is 0 Å². The Labute approximate surface area is 93.2 Å². The molecule has 0 spiro atoms. The van der Waals surface area contributed by atoms with Gasteiger partial charge in [0.2, 0.25) is 0 Å². The van der Waals surface area contributed by atoms with Gasteiger partial charge in [-0.1, -0.05) is 20.3 Å². The van der Waals surface area contributed by atoms with Crippen LogP contribution in [0, 0.1) is 5.92 Å². The number of carbonyl (C=O) groups is 1. The van der Waals surface area contributed by atoms with Gasteiger partial charge in [0.15, 0.2) is 0 Å². The third-order valence-corrected chi connectivity index (χ3v) is 3.11. The molecule has 0 aromatic carbocycles. The zero-order chi connectivity index (χ0) is 11.1. The van der Waals surface area contributed by atoms with Crippen molar-refractivity contribution in [2.24, 2.45) is 5.92 Å². The van der Waals surface area contributed by atoms with E-state index in [1.54, 1.807) is 0 Å². The molecule has 0 aromatic rings. The highest BCUT2D eigenvalue weighted by molar-refractivity contribution is 5.74. The van der Waals surface area contributed by atoms with E-state index < -0.39 is 0 Å². The molecule has 1 atom stereocenters. The van der Waals surface area contributed by atoms with Crippen LogP contribution >= 0.6 is 0 Å². The highest BCUT2D eigenvalue weighted by atomic mass is 16.2. The number of unbranched alkanes of at least 4 members (excludes halogenated alkanes) is 1. The van der Waals surface area contributed by atoms with Gasteiger partial charge in [-0.05, 0) is 31.6 Å². The summed E-state index contributed by atoms with van der Waals surface area (Å²) in [4.78, 5) is 13.7. The Balaban J connectivity index is 2.25. The van der Waals surface area contributed by atoms with Gasteiger partial charge in [0.25, 0.3) is 0 Å². The minimum Gasteiger partial charge on any atom is -0.338 e. The zero-order valence-electron chi connectivity index (χ0n) is 10.1. The maximum absolute atomic E-state index is 11.7. The molecule has 1 rings (SSSR count). The first-order valence-corrected chi connectivity index (χ1v) is 6.26. The van der Waals surface area contributed by atoms with Gasteiger partial charge in [-0.2, -0.15) is 0 Å². The molecule has 0 radical (unpaired) electrons. The van der Waals surface area contributed by atoms with E-state index in [0.29, 0.717) is 0 Å². The van der Waals surface area contributed by atoms with Gasteiger partial charge in [0, 0.05) is 19.6 Å². The molecule has 1 saturated heterocycles. The molecule has 0 saturated carbocycles. The molecule has 3 nitrogen and oxygen atoms in total. The van der Waals surface area contributed by atoms with E-state index >= 15 is 0 Å². The summed E-state index contributed by atoms with van der Waals surface area (Å²) in [7, 11) is 0. The molecule has 1 aliphatic heterocycles. The van der Waals surface area contributed by atoms with Crippen LogP contribution in [-0.2, 0) is 0 Å². The number of carbonyl (C=O) groups excluding carboxylic acids is 1. The first-order chi connectivity index (χ1) is 7.24. The maximum Gasteiger partial charge on any atom is 0.317 e. The molecule has 3 heteroatoms. The molecule has 1 aliphatic rings. The predicted molar refractivity (Wildman–Crippen MR) is 62.9 cm³/mol. The lowest BCUT2D eigenvalue weighted by atomic mass is 10.0. The zero-order valence-corrected chi connectivity index (χ0v) is 10.1. The normalized spacial score (nSPS) is 22.3. The number of amides is 2. The molecule has 0 aromatic heterocycles. The second-order valence-electron chi connectivity index (χ2n) is 4.61. The second kappa shape index (κ2) is 6.70. The number of urea groups is 1. The number of hydrogen-bond acceptors (Lipinski definition) is 1. The Hall–Kier alpha value is -0.730. The van der Waals surface area contributed by atoms with Crippen LogP contribution in [0.5, 0.6) is 0 Å². The lowest BCUT2D eigenvalue weighted by molar-refractivity contribution is 0.199. The van der Waals surface area contributed by atoms with Gasteiger partial charge in [-0.3, -0.25) is 0 Å². The highest BCUT2D eigenvalue weighted by Crippen LogP contribution is 2.16. The summed E-state index contributed by atoms with van der Waals surface area (Å²) in [6.45, 7) is 7.10. The molecule has 2 amide bonds. The smallest absolute Gasteiger partial charge is 0.317 e. The Morgan fingerprint density at radius 3 is 2.93 bits per heavy atom. The van der Waals surface area contributed by atoms with Crippen molar-refractivity contribution in [3.63, 3.8) is 0 Å². The van der Waals surface area contributed by atoms with Gasteiger partial charge in [0.1, 0.15) is 0 Å². The van der Waals surface area contributed by atoms with Crippen LogP contribution in [0.15, 0.2) is 0 Å². The van der Waals surface area contributed by atoms with Crippen LogP contribution in [0.1, 0.15) is 46.0 Å². The summed E-state index contributed by atoms with van der Waals surface area (Å²) in [5.74, 6) is 0.776. The van der Waals surface area contributed by atoms with Crippen LogP contribution in [-0.4, -0.2) is 30.6 Å². The van der Waals surface area contributed by atoms with Crippen molar-refractivity contribution in [1.29, 1.82) is 0 Å². The molecular formula is C12H24N2O. The lowest BCUT2D eigenvalue weighted by Crippen LogP contribution is -2.40. The van der Waals surface area contributed by atoms with Crippen molar-refractivity contribution in [2.45, 2.75) is 46.0 Å². The number of likely N-dealkylation sites (tertiary alicyclic amines) is 1. The van der Waals surface area contributed by atoms with E-state index in [2.05, 4.69) is 19.2 Å². The molecule has 0 bridgehead atoms. The summed E-state index contributed by atoms with van der Waals surface area (Å²) in [5, 5.41) is 2.98. The maximum atomic E-state index is 11.7. The fourth-order valence-corrected chi connectivity index (χ4v) is 1.95. The largest absolute Gasteiger partial charge is 0.338 e. The fourth-order valence-electron chi connectivity index (χ4n) is 1.95. The molecule has 1 heterocycles. The molecule has 15 heavy (non-hydrogen) atoms. The summed E-state index contributed by atoms with van der Waals surface area (Å²) < 4.78 is 0. The second-order valence-corrected chi connectivity index (χ2v) is 4.61. The Morgan fingerprint density at radius 2 is 2.20 bits per heavy atom. The third-order valence-electron chi connectivity index (χ3n) is 3.11. The number of nitrogens with zero attached hydrogens (tertiary/aromatic N) is 1. The Kier molecular flexibility index (Phi) is 5.51. The van der Waals surface area contributed by atoms with Crippen LogP contribution < -0.4 is 5.32 Å². The van der Waals surface area contributed by atoms with Crippen molar-refractivity contribution in [2.75, 3.05) is 19.6 Å². The van der Waals surface area contributed by atoms with E-state index in [1.807, 2.05) is 4.90 Å². The number of hydrogen-bond donors (Lipinski definition) is 1. The average molecular weight is 212 g/mol. The van der Waals surface area contributed by atoms with Gasteiger partial charge in [-0.15, -0.1) is 0 Å². The molecular weight excluding hydrogens is 188 g/mol. The summed E-state index contributed by atoms with van der Waals surface area (Å²) >= 11 is 0. The average Bonchev–Trinajstić information content (AvgIpc) is 2.43. The quantitative estimate of drug-likeness (QED) is 0.717. The van der Waals surface area contributed by atoms with Crippen LogP contribution in [0.2, 0.25) is 0 Å². The van der Waals surface area contributed by atoms with E-state index in [-0.39, 0.29) is 6.03 Å². The standard InChI is InChI=1S/C12H24N2O/c1-3-4-8-13-12(15)14-9-5-6-11(2)7-10-14/h11H,3-10H2,1-2H3,(H,13,15). The summed E-state index contributed by atoms with van der Waals surface area (Å²) in [6, 6.07) is 0.137. The molecule has 1 fully saturated rings. The van der Waals surface area contributed by atoms with Crippen molar-refractivity contribution in [3.8, 4) is 0 Å². The predicted octanol–water partition coefficient (Wildman–Crippen LogP) is 2.62. The monoisotopic (exact) mass is 212 g/mol. The first kappa shape index (κ1) is 12.3. The van der Waals surface area contributed by atoms with Crippen LogP contribution in [0.3, 0.4) is 0 Å². The van der Waals surface area contributed by atoms with Gasteiger partial charge >= 0.3 is 6.03 Å². The molecule has 1 N–H and O–H groups in total. The minimum atomic E-state index is 0.137. The fraction of sp³-hybridized carbons (Fsp3) is 0.917. The van der Waals surface area contributed by atoms with Crippen molar-refractivity contribution in [1.82, 2.24) is 10.2 Å². The minimum absolute atomic E-state index is 0.137. The van der Waals surface area contributed by atoms with Crippen molar-refractivity contribution < 1.29 is 4.79 Å². The van der Waals surface area contributed by atoms with Crippen LogP contribution in [0.4, 0.5) is 4.79 Å². The van der Waals surface area contributed by atoms with Gasteiger partial charge in [0.05, 0.1) is 0 Å². The molecule has 88 valence electrons. The Morgan fingerprint density at radius 1 is 1.40 bits per heavy atom. The summed E-state index contributed by atoms with van der Waals surface area (Å²) in [5.41, 5.74) is 0. The van der Waals surface area contributed by atoms with E-state index in [9.17, 15) is 4.79 Å². The van der Waals surface area contributed by atoms with E-state index in [0.717, 1.165) is 51.2 Å². The SMILES string of the molecule is CCCCNC(=O)N1CCCC(C)CC1. The molecule has 0 aliphatic carbocycles. The van der Waals surface area contributed by atoms with E-state index in [1.165, 1.54) is 6.42 Å². The summed E-state index contributed by atoms with van der Waals surface area (Å²) in [6.07, 6.45) is 5.79. The lowest BCUT2D eigenvalue weighted by Gasteiger charge is -2.20. The molecule has 1 unspecified atom stereocenters. The Bertz CT molecular complexity index is 194. The van der Waals surface area contributed by atoms with E-state index in [4.69, 9.17) is 0 Å². The first-order valence-electron chi connectivity index (χ1n) is 6.26. The van der Waals surface area contributed by atoms with Gasteiger partial charge in [-0.25, -0.2) is 4.79 Å². The topological polar surface area (TPSA) is 32.3 Å². The third kappa shape index (κ3) is 4.54. The van der Waals surface area contributed by atoms with Crippen molar-refractivity contribution >= 4 is 6.03 Å². The van der Waals surface area contributed by atoms with Crippen molar-refractivity contribution in [3.05, 3.63) is 0 Å².